The summed E-state index contributed by atoms with van der Waals surface area (Å²) in [6.07, 6.45) is -3.54. The number of aromatic carboxylic acids is 1. The van der Waals surface area contributed by atoms with Gasteiger partial charge < -0.3 is 29.7 Å². The van der Waals surface area contributed by atoms with Crippen molar-refractivity contribution < 1.29 is 69.6 Å². The number of fused-ring (bicyclic) bond motifs is 1. The molecular formula is C40H36BrCl2F4N9O11S. The number of ether oxygens (including phenoxy) is 3. The van der Waals surface area contributed by atoms with E-state index < -0.39 is 79.3 Å². The van der Waals surface area contributed by atoms with Gasteiger partial charge in [0.05, 0.1) is 38.4 Å². The summed E-state index contributed by atoms with van der Waals surface area (Å²) in [6.45, 7) is 4.80. The van der Waals surface area contributed by atoms with Crippen molar-refractivity contribution in [3.63, 3.8) is 0 Å². The minimum atomic E-state index is -4.69. The smallest absolute Gasteiger partial charge is 0.434 e. The zero-order valence-electron chi connectivity index (χ0n) is 35.6. The van der Waals surface area contributed by atoms with E-state index in [2.05, 4.69) is 51.6 Å². The third-order valence-electron chi connectivity index (χ3n) is 8.13. The number of alkyl halides is 3. The Bertz CT molecular complexity index is 2970. The number of hydrogen-bond donors (Lipinski definition) is 5. The Labute approximate surface area is 401 Å². The molecular weight excluding hydrogens is 1040 g/mol. The van der Waals surface area contributed by atoms with E-state index in [1.165, 1.54) is 19.2 Å². The minimum Gasteiger partial charge on any atom is -0.480 e. The number of sulfonamides is 1. The summed E-state index contributed by atoms with van der Waals surface area (Å²) in [4.78, 5) is 60.8. The molecule has 28 heteroatoms. The second kappa shape index (κ2) is 23.2. The van der Waals surface area contributed by atoms with Gasteiger partial charge in [-0.15, -0.1) is 0 Å². The number of amides is 2. The number of carbonyl (C=O) groups excluding carboxylic acids is 2. The van der Waals surface area contributed by atoms with Crippen LogP contribution in [0.25, 0.3) is 22.2 Å². The molecule has 20 nitrogen and oxygen atoms in total. The monoisotopic (exact) mass is 1080 g/mol. The molecule has 5 N–H and O–H groups in total. The van der Waals surface area contributed by atoms with Crippen molar-refractivity contribution in [2.45, 2.75) is 37.9 Å². The van der Waals surface area contributed by atoms with Gasteiger partial charge in [-0.2, -0.15) is 33.2 Å². The minimum absolute atomic E-state index is 0.0776. The summed E-state index contributed by atoms with van der Waals surface area (Å²) in [5, 5.41) is 27.2. The Morgan fingerprint density at radius 3 is 2.21 bits per heavy atom. The number of halogens is 7. The van der Waals surface area contributed by atoms with Crippen LogP contribution in [0, 0.1) is 5.82 Å². The number of aromatic nitrogens is 6. The van der Waals surface area contributed by atoms with E-state index in [1.54, 1.807) is 56.0 Å². The van der Waals surface area contributed by atoms with Crippen LogP contribution in [0.4, 0.5) is 34.3 Å². The Kier molecular flexibility index (Phi) is 18.3. The molecule has 362 valence electrons. The lowest BCUT2D eigenvalue weighted by atomic mass is 10.1. The topological polar surface area (TPSA) is 276 Å². The lowest BCUT2D eigenvalue weighted by Gasteiger charge is -2.11. The Morgan fingerprint density at radius 2 is 1.60 bits per heavy atom. The lowest BCUT2D eigenvalue weighted by molar-refractivity contribution is -0.144. The number of aliphatic carboxylic acids is 1. The summed E-state index contributed by atoms with van der Waals surface area (Å²) < 4.78 is 95.2. The van der Waals surface area contributed by atoms with Crippen molar-refractivity contribution in [2.24, 2.45) is 7.05 Å². The van der Waals surface area contributed by atoms with Crippen LogP contribution >= 0.6 is 39.1 Å². The lowest BCUT2D eigenvalue weighted by Crippen LogP contribution is -2.35. The van der Waals surface area contributed by atoms with E-state index in [0.717, 1.165) is 36.7 Å². The van der Waals surface area contributed by atoms with E-state index in [-0.39, 0.29) is 46.4 Å². The van der Waals surface area contributed by atoms with Crippen LogP contribution in [-0.2, 0) is 32.8 Å². The molecule has 0 aliphatic carbocycles. The molecule has 3 aromatic carbocycles. The number of urea groups is 1. The molecule has 0 aliphatic rings. The van der Waals surface area contributed by atoms with E-state index in [0.29, 0.717) is 21.0 Å². The molecule has 0 aliphatic heterocycles. The second-order valence-corrected chi connectivity index (χ2v) is 16.6. The average molecular weight is 1080 g/mol. The van der Waals surface area contributed by atoms with Crippen molar-refractivity contribution in [2.75, 3.05) is 30.9 Å². The molecule has 0 atom stereocenters. The standard InChI is InChI=1S/C15H12BrClF4N2O2.C14H16N6O6S.C11H8ClNO3/c1-6(2)25-14(24)7-4-8(10(18)5-9(7)17)12-11(16)13(15(19,20)21)23(3)22-12;1-3-26-14-18-11(15-2)16-12(19-14)17-13(23)20-27(24,25)9-7-5-4-6-8(9)10(21)22;12-8-3-4-9(16-6-10(14)15)11-7(8)2-1-5-13-11/h4-6H,1-3H3;4-7H,3H2,1-2H3,(H,21,22)(H3,15,16,17,18,19,20,23);1-5H,6H2,(H,14,15). The number of nitrogens with zero attached hydrogens (tertiary/aromatic N) is 6. The number of benzene rings is 3. The first-order valence-corrected chi connectivity index (χ1v) is 22.0. The number of hydrogen-bond acceptors (Lipinski definition) is 15. The van der Waals surface area contributed by atoms with Crippen molar-refractivity contribution in [3.8, 4) is 23.0 Å². The maximum Gasteiger partial charge on any atom is 0.434 e. The highest BCUT2D eigenvalue weighted by molar-refractivity contribution is 9.10. The Hall–Kier alpha value is -6.90. The molecule has 6 aromatic rings. The van der Waals surface area contributed by atoms with Gasteiger partial charge in [0.1, 0.15) is 27.7 Å². The third kappa shape index (κ3) is 14.1. The number of carbonyl (C=O) groups is 4. The molecule has 0 saturated carbocycles. The first-order chi connectivity index (χ1) is 31.9. The summed E-state index contributed by atoms with van der Waals surface area (Å²) in [6, 6.07) is 12.3. The summed E-state index contributed by atoms with van der Waals surface area (Å²) in [5.41, 5.74) is -1.77. The number of aryl methyl sites for hydroxylation is 1. The average Bonchev–Trinajstić information content (AvgIpc) is 3.56. The predicted molar refractivity (Wildman–Crippen MR) is 240 cm³/mol. The SMILES string of the molecule is CC(C)OC(=O)c1cc(-c2nn(C)c(C(F)(F)F)c2Br)c(F)cc1Cl.CCOc1nc(NC)nc(NC(=O)NS(=O)(=O)c2ccccc2C(=O)O)n1.O=C(O)COc1ccc(Cl)c2cccnc12. The normalized spacial score (nSPS) is 11.1. The van der Waals surface area contributed by atoms with Crippen LogP contribution in [0.3, 0.4) is 0 Å². The Balaban J connectivity index is 0.000000229. The summed E-state index contributed by atoms with van der Waals surface area (Å²) >= 11 is 14.6. The zero-order valence-corrected chi connectivity index (χ0v) is 39.6. The molecule has 2 amide bonds. The van der Waals surface area contributed by atoms with Crippen molar-refractivity contribution >= 4 is 95.9 Å². The van der Waals surface area contributed by atoms with Gasteiger partial charge in [0.2, 0.25) is 11.9 Å². The highest BCUT2D eigenvalue weighted by Gasteiger charge is 2.39. The van der Waals surface area contributed by atoms with Gasteiger partial charge in [-0.05, 0) is 85.2 Å². The molecule has 68 heavy (non-hydrogen) atoms. The van der Waals surface area contributed by atoms with Crippen molar-refractivity contribution in [3.05, 3.63) is 104 Å². The zero-order chi connectivity index (χ0) is 50.7. The highest BCUT2D eigenvalue weighted by atomic mass is 79.9. The predicted octanol–water partition coefficient (Wildman–Crippen LogP) is 8.10. The number of carboxylic acid groups (broad SMARTS) is 2. The largest absolute Gasteiger partial charge is 0.480 e. The van der Waals surface area contributed by atoms with Gasteiger partial charge in [0.15, 0.2) is 12.3 Å². The number of esters is 1. The van der Waals surface area contributed by atoms with Crippen LogP contribution in [0.15, 0.2) is 76.2 Å². The third-order valence-corrected chi connectivity index (χ3v) is 10.9. The van der Waals surface area contributed by atoms with Gasteiger partial charge in [0, 0.05) is 31.2 Å². The molecule has 0 bridgehead atoms. The maximum atomic E-state index is 14.3. The Morgan fingerprint density at radius 1 is 0.926 bits per heavy atom. The van der Waals surface area contributed by atoms with Crippen LogP contribution in [-0.4, -0.2) is 98.7 Å². The highest BCUT2D eigenvalue weighted by Crippen LogP contribution is 2.41. The molecule has 0 radical (unpaired) electrons. The number of carboxylic acids is 2. The second-order valence-electron chi connectivity index (χ2n) is 13.3. The fraction of sp³-hybridized carbons (Fsp3) is 0.225. The van der Waals surface area contributed by atoms with Gasteiger partial charge in [-0.3, -0.25) is 15.0 Å². The van der Waals surface area contributed by atoms with E-state index >= 15 is 0 Å². The van der Waals surface area contributed by atoms with Crippen LogP contribution in [0.2, 0.25) is 10.0 Å². The molecule has 0 spiro atoms. The first-order valence-electron chi connectivity index (χ1n) is 19.0. The van der Waals surface area contributed by atoms with Gasteiger partial charge in [-0.1, -0.05) is 35.3 Å². The van der Waals surface area contributed by atoms with Crippen LogP contribution in [0.5, 0.6) is 11.8 Å². The van der Waals surface area contributed by atoms with Crippen molar-refractivity contribution in [1.29, 1.82) is 0 Å². The number of nitrogens with one attached hydrogen (secondary N) is 3. The van der Waals surface area contributed by atoms with Gasteiger partial charge >= 0.3 is 36.1 Å². The fourth-order valence-corrected chi connectivity index (χ4v) is 7.73. The van der Waals surface area contributed by atoms with Crippen LogP contribution < -0.4 is 24.8 Å². The van der Waals surface area contributed by atoms with Crippen LogP contribution in [0.1, 0.15) is 47.2 Å². The number of anilines is 2. The number of rotatable bonds is 13. The molecule has 3 heterocycles. The van der Waals surface area contributed by atoms with Gasteiger partial charge in [-0.25, -0.2) is 36.7 Å². The summed E-state index contributed by atoms with van der Waals surface area (Å²) in [7, 11) is -1.84. The molecule has 6 rings (SSSR count). The van der Waals surface area contributed by atoms with E-state index in [1.807, 2.05) is 0 Å². The number of pyridine rings is 1. The maximum absolute atomic E-state index is 14.3. The quantitative estimate of drug-likeness (QED) is 0.0539. The first kappa shape index (κ1) is 53.7. The summed E-state index contributed by atoms with van der Waals surface area (Å²) in [5.74, 6) is -3.97. The molecule has 3 aromatic heterocycles. The van der Waals surface area contributed by atoms with Crippen molar-refractivity contribution in [1.82, 2.24) is 34.4 Å². The van der Waals surface area contributed by atoms with E-state index in [4.69, 9.17) is 47.6 Å². The molecule has 0 saturated heterocycles. The fourth-order valence-electron chi connectivity index (χ4n) is 5.41. The van der Waals surface area contributed by atoms with Gasteiger partial charge in [0.25, 0.3) is 10.0 Å². The molecule has 0 unspecified atom stereocenters. The molecule has 0 fully saturated rings. The van der Waals surface area contributed by atoms with E-state index in [9.17, 15) is 45.2 Å².